The van der Waals surface area contributed by atoms with Gasteiger partial charge in [0.25, 0.3) is 0 Å². The van der Waals surface area contributed by atoms with Gasteiger partial charge in [0, 0.05) is 17.1 Å². The van der Waals surface area contributed by atoms with Gasteiger partial charge in [0.05, 0.1) is 19.1 Å². The average Bonchev–Trinajstić information content (AvgIpc) is 2.37. The molecule has 0 aliphatic carbocycles. The third-order valence-electron chi connectivity index (χ3n) is 2.32. The second kappa shape index (κ2) is 8.00. The summed E-state index contributed by atoms with van der Waals surface area (Å²) in [6.07, 6.45) is 1.29. The number of anilines is 1. The number of thioether (sulfide) groups is 1. The van der Waals surface area contributed by atoms with Crippen molar-refractivity contribution in [1.29, 1.82) is 0 Å². The predicted octanol–water partition coefficient (Wildman–Crippen LogP) is 2.13. The van der Waals surface area contributed by atoms with Gasteiger partial charge >= 0.3 is 5.97 Å². The Hall–Kier alpha value is -1.20. The van der Waals surface area contributed by atoms with Gasteiger partial charge in [0.1, 0.15) is 0 Å². The van der Waals surface area contributed by atoms with Gasteiger partial charge in [-0.05, 0) is 31.4 Å². The van der Waals surface area contributed by atoms with Crippen LogP contribution in [0.1, 0.15) is 13.3 Å². The number of nitrogens with one attached hydrogen (secondary N) is 1. The molecule has 0 bridgehead atoms. The standard InChI is InChI=1S/C13H19NO3S/c1-3-17-13(16)8-11(15)9-14-10-5-4-6-12(7-10)18-2/h4-7,11,14-15H,3,8-9H2,1-2H3. The van der Waals surface area contributed by atoms with Crippen LogP contribution in [0.3, 0.4) is 0 Å². The first-order valence-electron chi connectivity index (χ1n) is 5.87. The molecule has 0 amide bonds. The van der Waals surface area contributed by atoms with Gasteiger partial charge in [-0.3, -0.25) is 4.79 Å². The maximum Gasteiger partial charge on any atom is 0.308 e. The molecule has 18 heavy (non-hydrogen) atoms. The maximum absolute atomic E-state index is 11.2. The molecule has 1 aromatic rings. The molecule has 0 heterocycles. The van der Waals surface area contributed by atoms with Gasteiger partial charge in [-0.1, -0.05) is 6.07 Å². The summed E-state index contributed by atoms with van der Waals surface area (Å²) in [7, 11) is 0. The zero-order valence-corrected chi connectivity index (χ0v) is 11.5. The van der Waals surface area contributed by atoms with Crippen molar-refractivity contribution in [3.63, 3.8) is 0 Å². The highest BCUT2D eigenvalue weighted by atomic mass is 32.2. The summed E-state index contributed by atoms with van der Waals surface area (Å²) in [4.78, 5) is 12.3. The lowest BCUT2D eigenvalue weighted by Crippen LogP contribution is -2.23. The molecule has 0 aliphatic rings. The molecule has 0 saturated carbocycles. The molecule has 1 aromatic carbocycles. The van der Waals surface area contributed by atoms with E-state index in [0.29, 0.717) is 13.2 Å². The SMILES string of the molecule is CCOC(=O)CC(O)CNc1cccc(SC)c1. The van der Waals surface area contributed by atoms with Crippen LogP contribution in [0.25, 0.3) is 0 Å². The van der Waals surface area contributed by atoms with E-state index in [1.165, 1.54) is 0 Å². The lowest BCUT2D eigenvalue weighted by molar-refractivity contribution is -0.145. The van der Waals surface area contributed by atoms with Gasteiger partial charge in [0.2, 0.25) is 0 Å². The van der Waals surface area contributed by atoms with Crippen molar-refractivity contribution in [2.24, 2.45) is 0 Å². The van der Waals surface area contributed by atoms with E-state index in [1.54, 1.807) is 18.7 Å². The van der Waals surface area contributed by atoms with Crippen molar-refractivity contribution in [3.8, 4) is 0 Å². The molecule has 4 nitrogen and oxygen atoms in total. The zero-order valence-electron chi connectivity index (χ0n) is 10.7. The van der Waals surface area contributed by atoms with Crippen LogP contribution < -0.4 is 5.32 Å². The second-order valence-corrected chi connectivity index (χ2v) is 4.66. The van der Waals surface area contributed by atoms with Gasteiger partial charge in [-0.2, -0.15) is 0 Å². The van der Waals surface area contributed by atoms with Gasteiger partial charge in [-0.15, -0.1) is 11.8 Å². The highest BCUT2D eigenvalue weighted by molar-refractivity contribution is 7.98. The predicted molar refractivity (Wildman–Crippen MR) is 74.0 cm³/mol. The fourth-order valence-corrected chi connectivity index (χ4v) is 1.91. The molecule has 0 spiro atoms. The molecule has 1 rings (SSSR count). The highest BCUT2D eigenvalue weighted by Gasteiger charge is 2.11. The smallest absolute Gasteiger partial charge is 0.308 e. The van der Waals surface area contributed by atoms with E-state index in [2.05, 4.69) is 5.32 Å². The fourth-order valence-electron chi connectivity index (χ4n) is 1.45. The number of hydrogen-bond acceptors (Lipinski definition) is 5. The molecule has 100 valence electrons. The van der Waals surface area contributed by atoms with Crippen molar-refractivity contribution >= 4 is 23.4 Å². The van der Waals surface area contributed by atoms with Crippen molar-refractivity contribution in [1.82, 2.24) is 0 Å². The van der Waals surface area contributed by atoms with E-state index in [1.807, 2.05) is 30.5 Å². The van der Waals surface area contributed by atoms with Crippen LogP contribution in [0.4, 0.5) is 5.69 Å². The number of hydrogen-bond donors (Lipinski definition) is 2. The summed E-state index contributed by atoms with van der Waals surface area (Å²) >= 11 is 1.66. The molecule has 0 fully saturated rings. The van der Waals surface area contributed by atoms with Crippen LogP contribution in [0.2, 0.25) is 0 Å². The number of carbonyl (C=O) groups is 1. The second-order valence-electron chi connectivity index (χ2n) is 3.78. The summed E-state index contributed by atoms with van der Waals surface area (Å²) in [5.74, 6) is -0.371. The third-order valence-corrected chi connectivity index (χ3v) is 3.04. The minimum Gasteiger partial charge on any atom is -0.466 e. The Morgan fingerprint density at radius 1 is 1.56 bits per heavy atom. The summed E-state index contributed by atoms with van der Waals surface area (Å²) in [5, 5.41) is 12.8. The van der Waals surface area contributed by atoms with Crippen LogP contribution >= 0.6 is 11.8 Å². The molecule has 0 aliphatic heterocycles. The Kier molecular flexibility index (Phi) is 6.60. The van der Waals surface area contributed by atoms with Crippen LogP contribution in [0.5, 0.6) is 0 Å². The number of rotatable bonds is 7. The van der Waals surface area contributed by atoms with E-state index in [-0.39, 0.29) is 12.4 Å². The first kappa shape index (κ1) is 14.9. The Morgan fingerprint density at radius 2 is 2.33 bits per heavy atom. The number of aliphatic hydroxyl groups is 1. The molecule has 2 N–H and O–H groups in total. The first-order chi connectivity index (χ1) is 8.65. The van der Waals surface area contributed by atoms with Crippen molar-refractivity contribution in [2.45, 2.75) is 24.3 Å². The van der Waals surface area contributed by atoms with E-state index in [0.717, 1.165) is 10.6 Å². The highest BCUT2D eigenvalue weighted by Crippen LogP contribution is 2.18. The molecule has 0 radical (unpaired) electrons. The molecular weight excluding hydrogens is 250 g/mol. The summed E-state index contributed by atoms with van der Waals surface area (Å²) in [6, 6.07) is 7.90. The maximum atomic E-state index is 11.2. The number of ether oxygens (including phenoxy) is 1. The minimum absolute atomic E-state index is 0.0169. The number of carbonyl (C=O) groups excluding carboxylic acids is 1. The van der Waals surface area contributed by atoms with Crippen molar-refractivity contribution in [2.75, 3.05) is 24.7 Å². The monoisotopic (exact) mass is 269 g/mol. The summed E-state index contributed by atoms with van der Waals surface area (Å²) in [5.41, 5.74) is 0.935. The molecule has 1 unspecified atom stereocenters. The Bertz CT molecular complexity index is 384. The molecule has 1 atom stereocenters. The Morgan fingerprint density at radius 3 is 3.00 bits per heavy atom. The first-order valence-corrected chi connectivity index (χ1v) is 7.09. The normalized spacial score (nSPS) is 11.9. The van der Waals surface area contributed by atoms with E-state index in [9.17, 15) is 9.90 Å². The number of benzene rings is 1. The van der Waals surface area contributed by atoms with Gasteiger partial charge in [0.15, 0.2) is 0 Å². The van der Waals surface area contributed by atoms with Gasteiger partial charge in [-0.25, -0.2) is 0 Å². The van der Waals surface area contributed by atoms with Crippen LogP contribution in [-0.2, 0) is 9.53 Å². The Balaban J connectivity index is 2.37. The lowest BCUT2D eigenvalue weighted by Gasteiger charge is -2.12. The van der Waals surface area contributed by atoms with Crippen LogP contribution in [-0.4, -0.2) is 36.6 Å². The molecule has 0 saturated heterocycles. The Labute approximate surface area is 112 Å². The fraction of sp³-hybridized carbons (Fsp3) is 0.462. The summed E-state index contributed by atoms with van der Waals surface area (Å²) in [6.45, 7) is 2.42. The largest absolute Gasteiger partial charge is 0.466 e. The zero-order chi connectivity index (χ0) is 13.4. The van der Waals surface area contributed by atoms with Crippen molar-refractivity contribution in [3.05, 3.63) is 24.3 Å². The topological polar surface area (TPSA) is 58.6 Å². The van der Waals surface area contributed by atoms with E-state index >= 15 is 0 Å². The summed E-state index contributed by atoms with van der Waals surface area (Å²) < 4.78 is 4.77. The molecule has 5 heteroatoms. The van der Waals surface area contributed by atoms with E-state index in [4.69, 9.17) is 4.74 Å². The minimum atomic E-state index is -0.734. The lowest BCUT2D eigenvalue weighted by atomic mass is 10.2. The third kappa shape index (κ3) is 5.42. The van der Waals surface area contributed by atoms with E-state index < -0.39 is 6.10 Å². The van der Waals surface area contributed by atoms with Crippen LogP contribution in [0.15, 0.2) is 29.2 Å². The average molecular weight is 269 g/mol. The van der Waals surface area contributed by atoms with Crippen LogP contribution in [0, 0.1) is 0 Å². The molecule has 0 aromatic heterocycles. The quantitative estimate of drug-likeness (QED) is 0.586. The number of esters is 1. The van der Waals surface area contributed by atoms with Gasteiger partial charge < -0.3 is 15.2 Å². The molecular formula is C13H19NO3S. The number of aliphatic hydroxyl groups excluding tert-OH is 1. The van der Waals surface area contributed by atoms with Crippen molar-refractivity contribution < 1.29 is 14.6 Å².